The highest BCUT2D eigenvalue weighted by molar-refractivity contribution is 6.05. The smallest absolute Gasteiger partial charge is 0.255 e. The van der Waals surface area contributed by atoms with Crippen molar-refractivity contribution in [2.75, 3.05) is 13.1 Å². The van der Waals surface area contributed by atoms with Gasteiger partial charge in [0.25, 0.3) is 5.91 Å². The number of imide groups is 1. The number of benzene rings is 1. The van der Waals surface area contributed by atoms with E-state index in [4.69, 9.17) is 4.74 Å². The maximum Gasteiger partial charge on any atom is 0.255 e. The molecule has 4 aliphatic rings. The van der Waals surface area contributed by atoms with Crippen LogP contribution in [-0.4, -0.2) is 58.8 Å². The minimum Gasteiger partial charge on any atom is -0.489 e. The van der Waals surface area contributed by atoms with E-state index in [1.807, 2.05) is 12.1 Å². The maximum absolute atomic E-state index is 13.0. The van der Waals surface area contributed by atoms with E-state index in [0.29, 0.717) is 30.5 Å². The minimum absolute atomic E-state index is 0.0961. The van der Waals surface area contributed by atoms with Crippen molar-refractivity contribution in [1.29, 1.82) is 5.26 Å². The number of likely N-dealkylation sites (N-methyl/N-ethyl adjacent to an activating group) is 1. The molecule has 0 bridgehead atoms. The van der Waals surface area contributed by atoms with Crippen LogP contribution in [0.1, 0.15) is 74.7 Å². The van der Waals surface area contributed by atoms with Crippen molar-refractivity contribution in [2.24, 2.45) is 11.3 Å². The van der Waals surface area contributed by atoms with Crippen molar-refractivity contribution < 1.29 is 19.1 Å². The number of ether oxygens (including phenoxy) is 1. The molecule has 1 N–H and O–H groups in total. The highest BCUT2D eigenvalue weighted by Crippen LogP contribution is 2.45. The molecule has 0 aromatic heterocycles. The van der Waals surface area contributed by atoms with Crippen LogP contribution in [0.5, 0.6) is 5.75 Å². The Balaban J connectivity index is 1.23. The number of hydrogen-bond acceptors (Lipinski definition) is 6. The summed E-state index contributed by atoms with van der Waals surface area (Å²) in [6.07, 6.45) is 5.88. The standard InChI is InChI=1S/C27H34N4O4/c1-3-30(14-17-12-27(2,13-17)16-28)21-5-4-6-23(21)35-19-7-8-20-18(11-19)15-31(26(20)34)22-9-10-24(32)29-25(22)33/h7-8,11,17,21-23H,3-6,9-10,12-15H2,1-2H3,(H,29,32,33)/t17-,21?,22?,23-,27-/m0/s1. The Kier molecular flexibility index (Phi) is 6.30. The first-order valence-electron chi connectivity index (χ1n) is 12.9. The summed E-state index contributed by atoms with van der Waals surface area (Å²) in [4.78, 5) is 40.8. The normalized spacial score (nSPS) is 32.3. The Labute approximate surface area is 206 Å². The van der Waals surface area contributed by atoms with Crippen LogP contribution in [-0.2, 0) is 16.1 Å². The maximum atomic E-state index is 13.0. The number of hydrogen-bond donors (Lipinski definition) is 1. The number of carbonyl (C=O) groups is 3. The third-order valence-corrected chi connectivity index (χ3v) is 8.32. The minimum atomic E-state index is -0.608. The van der Waals surface area contributed by atoms with E-state index in [1.165, 1.54) is 0 Å². The molecule has 2 aliphatic carbocycles. The van der Waals surface area contributed by atoms with Gasteiger partial charge in [0, 0.05) is 31.1 Å². The third-order valence-electron chi connectivity index (χ3n) is 8.32. The van der Waals surface area contributed by atoms with E-state index < -0.39 is 11.9 Å². The number of nitrogens with one attached hydrogen (secondary N) is 1. The van der Waals surface area contributed by atoms with Crippen LogP contribution in [0.3, 0.4) is 0 Å². The van der Waals surface area contributed by atoms with Gasteiger partial charge in [-0.25, -0.2) is 0 Å². The zero-order chi connectivity index (χ0) is 24.7. The van der Waals surface area contributed by atoms with Gasteiger partial charge in [0.05, 0.1) is 11.5 Å². The number of piperidine rings is 1. The lowest BCUT2D eigenvalue weighted by molar-refractivity contribution is -0.136. The molecule has 8 nitrogen and oxygen atoms in total. The van der Waals surface area contributed by atoms with E-state index in [-0.39, 0.29) is 29.8 Å². The predicted molar refractivity (Wildman–Crippen MR) is 128 cm³/mol. The Hall–Kier alpha value is -2.92. The van der Waals surface area contributed by atoms with Crippen molar-refractivity contribution in [3.63, 3.8) is 0 Å². The summed E-state index contributed by atoms with van der Waals surface area (Å²) < 4.78 is 6.49. The molecule has 1 saturated heterocycles. The van der Waals surface area contributed by atoms with Crippen LogP contribution >= 0.6 is 0 Å². The van der Waals surface area contributed by atoms with Gasteiger partial charge >= 0.3 is 0 Å². The second kappa shape index (κ2) is 9.27. The molecule has 8 heteroatoms. The summed E-state index contributed by atoms with van der Waals surface area (Å²) in [5.74, 6) is 0.492. The highest BCUT2D eigenvalue weighted by Gasteiger charge is 2.43. The number of carbonyl (C=O) groups excluding carboxylic acids is 3. The molecule has 3 atom stereocenters. The van der Waals surface area contributed by atoms with Crippen molar-refractivity contribution in [3.8, 4) is 11.8 Å². The molecule has 2 saturated carbocycles. The molecule has 0 spiro atoms. The fourth-order valence-electron chi connectivity index (χ4n) is 6.53. The van der Waals surface area contributed by atoms with E-state index >= 15 is 0 Å². The van der Waals surface area contributed by atoms with Gasteiger partial charge in [-0.3, -0.25) is 24.6 Å². The van der Waals surface area contributed by atoms with Crippen LogP contribution in [0.4, 0.5) is 0 Å². The number of nitriles is 1. The van der Waals surface area contributed by atoms with Crippen LogP contribution in [0.15, 0.2) is 18.2 Å². The van der Waals surface area contributed by atoms with E-state index in [2.05, 4.69) is 30.1 Å². The van der Waals surface area contributed by atoms with Crippen molar-refractivity contribution in [3.05, 3.63) is 29.3 Å². The molecule has 35 heavy (non-hydrogen) atoms. The molecule has 5 rings (SSSR count). The molecule has 1 aromatic rings. The van der Waals surface area contributed by atoms with Gasteiger partial charge in [0.15, 0.2) is 0 Å². The molecule has 2 aliphatic heterocycles. The Morgan fingerprint density at radius 3 is 2.74 bits per heavy atom. The predicted octanol–water partition coefficient (Wildman–Crippen LogP) is 3.01. The Morgan fingerprint density at radius 1 is 1.23 bits per heavy atom. The lowest BCUT2D eigenvalue weighted by Gasteiger charge is -2.44. The van der Waals surface area contributed by atoms with E-state index in [0.717, 1.165) is 56.5 Å². The summed E-state index contributed by atoms with van der Waals surface area (Å²) >= 11 is 0. The molecule has 3 fully saturated rings. The van der Waals surface area contributed by atoms with Crippen molar-refractivity contribution in [2.45, 2.75) is 83.5 Å². The number of amides is 3. The molecule has 186 valence electrons. The molecule has 1 aromatic carbocycles. The Morgan fingerprint density at radius 2 is 2.03 bits per heavy atom. The van der Waals surface area contributed by atoms with Gasteiger partial charge in [0.1, 0.15) is 17.9 Å². The summed E-state index contributed by atoms with van der Waals surface area (Å²) in [5, 5.41) is 11.7. The Bertz CT molecular complexity index is 1070. The SMILES string of the molecule is CCN(C[C@H]1C[C@](C)(C#N)C1)C1CCC[C@@H]1Oc1ccc2c(c1)CN(C1CCC(=O)NC1=O)C2=O. The number of fused-ring (bicyclic) bond motifs is 1. The fourth-order valence-corrected chi connectivity index (χ4v) is 6.53. The number of nitrogens with zero attached hydrogens (tertiary/aromatic N) is 3. The van der Waals surface area contributed by atoms with Crippen LogP contribution in [0, 0.1) is 22.7 Å². The quantitative estimate of drug-likeness (QED) is 0.605. The van der Waals surface area contributed by atoms with Gasteiger partial charge < -0.3 is 9.64 Å². The second-order valence-electron chi connectivity index (χ2n) is 10.9. The topological polar surface area (TPSA) is 103 Å². The van der Waals surface area contributed by atoms with E-state index in [1.54, 1.807) is 11.0 Å². The van der Waals surface area contributed by atoms with Crippen LogP contribution < -0.4 is 10.1 Å². The largest absolute Gasteiger partial charge is 0.489 e. The van der Waals surface area contributed by atoms with Gasteiger partial charge in [-0.15, -0.1) is 0 Å². The highest BCUT2D eigenvalue weighted by atomic mass is 16.5. The number of rotatable bonds is 7. The average molecular weight is 479 g/mol. The molecule has 0 radical (unpaired) electrons. The van der Waals surface area contributed by atoms with Gasteiger partial charge in [-0.05, 0) is 81.7 Å². The van der Waals surface area contributed by atoms with Gasteiger partial charge in [-0.1, -0.05) is 6.92 Å². The first-order valence-corrected chi connectivity index (χ1v) is 12.9. The lowest BCUT2D eigenvalue weighted by atomic mass is 9.64. The monoisotopic (exact) mass is 478 g/mol. The zero-order valence-electron chi connectivity index (χ0n) is 20.6. The molecule has 3 amide bonds. The first-order chi connectivity index (χ1) is 16.8. The summed E-state index contributed by atoms with van der Waals surface area (Å²) in [5.41, 5.74) is 1.31. The average Bonchev–Trinajstić information content (AvgIpc) is 3.40. The van der Waals surface area contributed by atoms with Crippen molar-refractivity contribution in [1.82, 2.24) is 15.1 Å². The van der Waals surface area contributed by atoms with Crippen LogP contribution in [0.25, 0.3) is 0 Å². The zero-order valence-corrected chi connectivity index (χ0v) is 20.6. The molecular formula is C27H34N4O4. The third kappa shape index (κ3) is 4.54. The molecular weight excluding hydrogens is 444 g/mol. The second-order valence-corrected chi connectivity index (χ2v) is 10.9. The summed E-state index contributed by atoms with van der Waals surface area (Å²) in [7, 11) is 0. The fraction of sp³-hybridized carbons (Fsp3) is 0.630. The van der Waals surface area contributed by atoms with Crippen molar-refractivity contribution >= 4 is 17.7 Å². The summed E-state index contributed by atoms with van der Waals surface area (Å²) in [6, 6.07) is 7.80. The van der Waals surface area contributed by atoms with E-state index in [9.17, 15) is 19.6 Å². The first kappa shape index (κ1) is 23.8. The molecule has 2 unspecified atom stereocenters. The lowest BCUT2D eigenvalue weighted by Crippen LogP contribution is -2.52. The molecule has 2 heterocycles. The van der Waals surface area contributed by atoms with Gasteiger partial charge in [-0.2, -0.15) is 5.26 Å². The van der Waals surface area contributed by atoms with Gasteiger partial charge in [0.2, 0.25) is 11.8 Å². The van der Waals surface area contributed by atoms with Crippen LogP contribution in [0.2, 0.25) is 0 Å². The summed E-state index contributed by atoms with van der Waals surface area (Å²) in [6.45, 7) is 6.58.